The van der Waals surface area contributed by atoms with E-state index in [0.717, 1.165) is 12.8 Å². The van der Waals surface area contributed by atoms with Crippen molar-refractivity contribution in [2.45, 2.75) is 62.4 Å². The number of hydroxylamine groups is 2. The monoisotopic (exact) mass is 886 g/mol. The Morgan fingerprint density at radius 3 is 0.444 bits per heavy atom. The van der Waals surface area contributed by atoms with Gasteiger partial charge in [0, 0.05) is 10.8 Å². The summed E-state index contributed by atoms with van der Waals surface area (Å²) in [5.41, 5.74) is 7.93. The Morgan fingerprint density at radius 1 is 0.208 bits per heavy atom. The van der Waals surface area contributed by atoms with Gasteiger partial charge in [0.2, 0.25) is 0 Å². The van der Waals surface area contributed by atoms with Crippen LogP contribution in [-0.2, 0) is 16.0 Å². The van der Waals surface area contributed by atoms with Crippen molar-refractivity contribution in [3.8, 4) is 0 Å². The van der Waals surface area contributed by atoms with Crippen LogP contribution in [-0.4, -0.2) is 16.1 Å². The van der Waals surface area contributed by atoms with Gasteiger partial charge in [-0.05, 0) is 365 Å². The van der Waals surface area contributed by atoms with Gasteiger partial charge >= 0.3 is 0 Å². The van der Waals surface area contributed by atoms with E-state index in [2.05, 4.69) is 27.7 Å². The molecular formula is C70H16NO. The molecule has 72 heavy (non-hydrogen) atoms. The summed E-state index contributed by atoms with van der Waals surface area (Å²) >= 11 is 0. The normalized spacial score (nSPS) is 25.1. The summed E-state index contributed by atoms with van der Waals surface area (Å²) in [4.78, 5) is 0. The fourth-order valence-corrected chi connectivity index (χ4v) is 27.1. The second kappa shape index (κ2) is 6.02. The average molecular weight is 887 g/mol. The van der Waals surface area contributed by atoms with Crippen LogP contribution in [0.25, 0.3) is 291 Å². The molecule has 6 aliphatic rings. The molecule has 0 unspecified atom stereocenters. The molecule has 2 heteroatoms. The van der Waals surface area contributed by atoms with E-state index in [0.29, 0.717) is 0 Å². The van der Waals surface area contributed by atoms with Crippen molar-refractivity contribution >= 4 is 291 Å². The van der Waals surface area contributed by atoms with Gasteiger partial charge in [-0.2, -0.15) is 0 Å². The maximum atomic E-state index is 15.4. The third-order valence-corrected chi connectivity index (χ3v) is 27.4. The van der Waals surface area contributed by atoms with Crippen molar-refractivity contribution in [1.82, 2.24) is 5.06 Å². The van der Waals surface area contributed by atoms with E-state index in [9.17, 15) is 0 Å². The quantitative estimate of drug-likeness (QED) is 0.110. The number of benzene rings is 18. The first-order chi connectivity index (χ1) is 35.3. The SMILES string of the molecule is CC1(C)C2=C(CC34c5c6c7c8c9c%10c(c%11c%12c3c3c5c5c%13c6c6c7c7c9c9c%14c%10c%10c%11c%11c%12c%12c3c3c5c5c%13c%13c6c6c7c9c7c9c%14c%10c%10c%11c%11c%12c3c3c5c5c%13c6c7c6c9c%10c%11c3c56)C84C2)C(C)(C)N1[O]. The molecule has 34 rings (SSSR count). The molecule has 5 aliphatic carbocycles. The van der Waals surface area contributed by atoms with Crippen LogP contribution >= 0.6 is 0 Å². The van der Waals surface area contributed by atoms with Crippen LogP contribution in [0.3, 0.4) is 0 Å². The molecule has 0 saturated carbocycles. The molecule has 0 amide bonds. The highest BCUT2D eigenvalue weighted by molar-refractivity contribution is 6.82. The van der Waals surface area contributed by atoms with Gasteiger partial charge in [0.25, 0.3) is 0 Å². The Kier molecular flexibility index (Phi) is 2.31. The van der Waals surface area contributed by atoms with Crippen LogP contribution < -0.4 is 0 Å². The zero-order chi connectivity index (χ0) is 43.6. The predicted molar refractivity (Wildman–Crippen MR) is 301 cm³/mol. The first-order valence-corrected chi connectivity index (χ1v) is 27.3. The van der Waals surface area contributed by atoms with E-state index in [1.54, 1.807) is 318 Å². The van der Waals surface area contributed by atoms with Gasteiger partial charge in [-0.25, -0.2) is 0 Å². The highest BCUT2D eigenvalue weighted by Gasteiger charge is 2.73. The van der Waals surface area contributed by atoms with E-state index in [-0.39, 0.29) is 10.8 Å². The molecular weight excluding hydrogens is 871 g/mol. The molecule has 1 aliphatic heterocycles. The number of hydrogen-bond acceptors (Lipinski definition) is 1. The zero-order valence-corrected chi connectivity index (χ0v) is 38.3. The Bertz CT molecular complexity index is 6820. The number of rotatable bonds is 0. The third-order valence-electron chi connectivity index (χ3n) is 27.4. The molecule has 28 aromatic carbocycles. The highest BCUT2D eigenvalue weighted by atomic mass is 16.5. The van der Waals surface area contributed by atoms with Crippen LogP contribution in [0.2, 0.25) is 0 Å². The summed E-state index contributed by atoms with van der Waals surface area (Å²) < 4.78 is 0. The average Bonchev–Trinajstić information content (AvgIpc) is 4.29. The standard InChI is InChI=1S/C70H16NO/c1-67(2)7-5-69-63-55-47-37-27-19-11-9-10-13-17-15(11)23-31-25(17)35-29-21(13)22-14(10)18-16-12(9)20(19)28-34-24(16)32-26(18)36-30(22)40-39(29)49-43(35)53-45(31)51(41(47)33(23)27)59(63)61(53)65-57(49)58-50(40)44(36)54-46(32)52-42(34)48(38(28)37)56(55)64(69)60(52)62(54)66(58)70(65,69)6-8(7)68(3,4)71(67)72/h5-6H2,1-4H3. The lowest BCUT2D eigenvalue weighted by Gasteiger charge is -2.58. The molecule has 2 spiro atoms. The van der Waals surface area contributed by atoms with Crippen molar-refractivity contribution in [3.05, 3.63) is 33.4 Å². The fourth-order valence-electron chi connectivity index (χ4n) is 27.1. The molecule has 0 aromatic heterocycles. The molecule has 0 saturated heterocycles. The third kappa shape index (κ3) is 1.43. The fraction of sp³-hybridized carbons (Fsp3) is 0.143. The highest BCUT2D eigenvalue weighted by Crippen LogP contribution is 2.87. The lowest BCUT2D eigenvalue weighted by Crippen LogP contribution is -2.55. The van der Waals surface area contributed by atoms with E-state index < -0.39 is 11.1 Å². The Labute approximate surface area is 394 Å². The van der Waals surface area contributed by atoms with Crippen LogP contribution in [0, 0.1) is 0 Å². The maximum absolute atomic E-state index is 15.4. The minimum absolute atomic E-state index is 0.338. The van der Waals surface area contributed by atoms with Gasteiger partial charge in [-0.1, -0.05) is 0 Å². The second-order valence-corrected chi connectivity index (χ2v) is 28.3. The van der Waals surface area contributed by atoms with Gasteiger partial charge in [0.15, 0.2) is 0 Å². The van der Waals surface area contributed by atoms with E-state index in [4.69, 9.17) is 0 Å². The van der Waals surface area contributed by atoms with Crippen molar-refractivity contribution in [1.29, 1.82) is 0 Å². The van der Waals surface area contributed by atoms with Crippen LogP contribution in [0.1, 0.15) is 62.8 Å². The lowest BCUT2D eigenvalue weighted by molar-refractivity contribution is -0.240. The minimum atomic E-state index is -0.607. The van der Waals surface area contributed by atoms with E-state index in [1.807, 2.05) is 0 Å². The summed E-state index contributed by atoms with van der Waals surface area (Å²) in [5.74, 6) is 0. The molecule has 0 fully saturated rings. The minimum Gasteiger partial charge on any atom is -0.136 e. The molecule has 2 nitrogen and oxygen atoms in total. The summed E-state index contributed by atoms with van der Waals surface area (Å²) in [6.45, 7) is 9.24. The largest absolute Gasteiger partial charge is 0.136 e. The lowest BCUT2D eigenvalue weighted by atomic mass is 9.42. The molecule has 0 bridgehead atoms. The van der Waals surface area contributed by atoms with Gasteiger partial charge in [0.05, 0.1) is 11.1 Å². The van der Waals surface area contributed by atoms with E-state index in [1.165, 1.54) is 11.1 Å². The van der Waals surface area contributed by atoms with Crippen molar-refractivity contribution in [3.63, 3.8) is 0 Å². The van der Waals surface area contributed by atoms with Crippen molar-refractivity contribution in [2.75, 3.05) is 0 Å². The van der Waals surface area contributed by atoms with Gasteiger partial charge in [0.1, 0.15) is 0 Å². The summed E-state index contributed by atoms with van der Waals surface area (Å²) in [6.07, 6.45) is 1.88. The summed E-state index contributed by atoms with van der Waals surface area (Å²) in [5, 5.41) is 106. The van der Waals surface area contributed by atoms with Gasteiger partial charge in [-0.3, -0.25) is 0 Å². The Morgan fingerprint density at radius 2 is 0.319 bits per heavy atom. The van der Waals surface area contributed by atoms with Gasteiger partial charge in [-0.15, -0.1) is 10.3 Å². The molecule has 28 aromatic rings. The van der Waals surface area contributed by atoms with E-state index >= 15 is 5.21 Å². The summed E-state index contributed by atoms with van der Waals surface area (Å²) in [6, 6.07) is 0. The van der Waals surface area contributed by atoms with Crippen molar-refractivity contribution in [2.24, 2.45) is 0 Å². The van der Waals surface area contributed by atoms with Crippen LogP contribution in [0.5, 0.6) is 0 Å². The predicted octanol–water partition coefficient (Wildman–Crippen LogP) is 18.6. The maximum Gasteiger partial charge on any atom is 0.0659 e. The number of nitrogens with zero attached hydrogens (tertiary/aromatic N) is 1. The number of hydrogen-bond donors (Lipinski definition) is 0. The Balaban J connectivity index is 1.15. The molecule has 307 valence electrons. The first kappa shape index (κ1) is 27.7. The first-order valence-electron chi connectivity index (χ1n) is 27.3. The summed E-state index contributed by atoms with van der Waals surface area (Å²) in [7, 11) is 0. The molecule has 0 atom stereocenters. The van der Waals surface area contributed by atoms with Crippen LogP contribution in [0.15, 0.2) is 11.1 Å². The molecule has 1 radical (unpaired) electrons. The zero-order valence-electron chi connectivity index (χ0n) is 38.3. The molecule has 1 heterocycles. The second-order valence-electron chi connectivity index (χ2n) is 28.3. The molecule has 0 N–H and O–H groups in total. The van der Waals surface area contributed by atoms with Crippen LogP contribution in [0.4, 0.5) is 0 Å². The topological polar surface area (TPSA) is 23.1 Å². The van der Waals surface area contributed by atoms with Gasteiger partial charge < -0.3 is 0 Å². The smallest absolute Gasteiger partial charge is 0.0659 e. The van der Waals surface area contributed by atoms with Crippen molar-refractivity contribution < 1.29 is 5.21 Å². The Hall–Kier alpha value is -7.88.